The number of piperazine rings is 1. The number of hydrogen-bond donors (Lipinski definition) is 0. The van der Waals surface area contributed by atoms with Crippen LogP contribution in [-0.2, 0) is 10.0 Å². The number of rotatable bonds is 3. The smallest absolute Gasteiger partial charge is 0.246 e. The summed E-state index contributed by atoms with van der Waals surface area (Å²) in [5.41, 5.74) is 1.60. The van der Waals surface area contributed by atoms with Gasteiger partial charge in [0.25, 0.3) is 0 Å². The summed E-state index contributed by atoms with van der Waals surface area (Å²) < 4.78 is 42.0. The molecule has 1 aromatic carbocycles. The van der Waals surface area contributed by atoms with Gasteiger partial charge in [-0.15, -0.1) is 11.3 Å². The third-order valence-corrected chi connectivity index (χ3v) is 7.28. The highest BCUT2D eigenvalue weighted by molar-refractivity contribution is 7.89. The van der Waals surface area contributed by atoms with E-state index < -0.39 is 15.8 Å². The van der Waals surface area contributed by atoms with Crippen LogP contribution in [0.4, 0.5) is 10.2 Å². The van der Waals surface area contributed by atoms with Crippen LogP contribution in [-0.4, -0.2) is 48.9 Å². The number of thiophene rings is 1. The monoisotopic (exact) mass is 392 g/mol. The fourth-order valence-corrected chi connectivity index (χ4v) is 5.52. The fourth-order valence-electron chi connectivity index (χ4n) is 3.09. The summed E-state index contributed by atoms with van der Waals surface area (Å²) in [4.78, 5) is 10.4. The lowest BCUT2D eigenvalue weighted by Gasteiger charge is -2.34. The van der Waals surface area contributed by atoms with Crippen LogP contribution in [0.15, 0.2) is 40.9 Å². The van der Waals surface area contributed by atoms with Crippen LogP contribution in [0.3, 0.4) is 0 Å². The molecule has 0 atom stereocenters. The lowest BCUT2D eigenvalue weighted by atomic mass is 10.2. The first kappa shape index (κ1) is 17.3. The molecule has 0 amide bonds. The molecule has 3 aromatic rings. The highest BCUT2D eigenvalue weighted by atomic mass is 32.2. The Labute approximate surface area is 155 Å². The van der Waals surface area contributed by atoms with E-state index in [4.69, 9.17) is 0 Å². The number of benzene rings is 1. The maximum Gasteiger partial charge on any atom is 0.246 e. The largest absolute Gasteiger partial charge is 0.353 e. The predicted octanol–water partition coefficient (Wildman–Crippen LogP) is 2.65. The van der Waals surface area contributed by atoms with Crippen molar-refractivity contribution in [1.29, 1.82) is 0 Å². The van der Waals surface area contributed by atoms with Gasteiger partial charge in [-0.25, -0.2) is 22.8 Å². The minimum atomic E-state index is -3.85. The van der Waals surface area contributed by atoms with Gasteiger partial charge in [-0.05, 0) is 36.1 Å². The van der Waals surface area contributed by atoms with Crippen LogP contribution >= 0.6 is 11.3 Å². The highest BCUT2D eigenvalue weighted by Gasteiger charge is 2.31. The Morgan fingerprint density at radius 1 is 1.12 bits per heavy atom. The SMILES string of the molecule is Cc1ccc(F)c(S(=O)(=O)N2CCN(c3ncnc4ccsc34)CC2)c1. The third kappa shape index (κ3) is 2.95. The fraction of sp³-hybridized carbons (Fsp3) is 0.294. The number of sulfonamides is 1. The number of aromatic nitrogens is 2. The highest BCUT2D eigenvalue weighted by Crippen LogP contribution is 2.29. The lowest BCUT2D eigenvalue weighted by Crippen LogP contribution is -2.49. The van der Waals surface area contributed by atoms with Crippen LogP contribution in [0.1, 0.15) is 5.56 Å². The van der Waals surface area contributed by atoms with E-state index in [0.29, 0.717) is 18.7 Å². The second-order valence-electron chi connectivity index (χ2n) is 6.16. The Morgan fingerprint density at radius 2 is 1.88 bits per heavy atom. The number of hydrogen-bond acceptors (Lipinski definition) is 6. The molecule has 0 unspecified atom stereocenters. The maximum absolute atomic E-state index is 14.1. The molecule has 0 N–H and O–H groups in total. The van der Waals surface area contributed by atoms with E-state index in [-0.39, 0.29) is 18.0 Å². The van der Waals surface area contributed by atoms with E-state index in [1.165, 1.54) is 22.8 Å². The molecule has 0 aliphatic carbocycles. The first-order chi connectivity index (χ1) is 12.5. The number of aryl methyl sites for hydroxylation is 1. The zero-order valence-corrected chi connectivity index (χ0v) is 15.7. The van der Waals surface area contributed by atoms with Gasteiger partial charge in [0.15, 0.2) is 0 Å². The van der Waals surface area contributed by atoms with E-state index in [1.807, 2.05) is 11.4 Å². The summed E-state index contributed by atoms with van der Waals surface area (Å²) in [7, 11) is -3.85. The van der Waals surface area contributed by atoms with E-state index in [0.717, 1.165) is 16.0 Å². The number of halogens is 1. The molecule has 6 nitrogen and oxygen atoms in total. The van der Waals surface area contributed by atoms with Crippen molar-refractivity contribution in [2.75, 3.05) is 31.1 Å². The molecular weight excluding hydrogens is 375 g/mol. The molecule has 2 aromatic heterocycles. The van der Waals surface area contributed by atoms with Crippen molar-refractivity contribution in [2.24, 2.45) is 0 Å². The molecule has 136 valence electrons. The van der Waals surface area contributed by atoms with Crippen molar-refractivity contribution in [2.45, 2.75) is 11.8 Å². The Hall–Kier alpha value is -2.10. The molecule has 9 heteroatoms. The second-order valence-corrected chi connectivity index (χ2v) is 8.98. The minimum absolute atomic E-state index is 0.256. The van der Waals surface area contributed by atoms with Crippen molar-refractivity contribution in [3.8, 4) is 0 Å². The molecule has 26 heavy (non-hydrogen) atoms. The van der Waals surface area contributed by atoms with E-state index in [2.05, 4.69) is 14.9 Å². The quantitative estimate of drug-likeness (QED) is 0.686. The minimum Gasteiger partial charge on any atom is -0.353 e. The predicted molar refractivity (Wildman–Crippen MR) is 99.5 cm³/mol. The zero-order valence-electron chi connectivity index (χ0n) is 14.1. The van der Waals surface area contributed by atoms with Gasteiger partial charge >= 0.3 is 0 Å². The Kier molecular flexibility index (Phi) is 4.37. The summed E-state index contributed by atoms with van der Waals surface area (Å²) >= 11 is 1.57. The summed E-state index contributed by atoms with van der Waals surface area (Å²) in [6.45, 7) is 3.31. The van der Waals surface area contributed by atoms with Crippen LogP contribution in [0.2, 0.25) is 0 Å². The van der Waals surface area contributed by atoms with Gasteiger partial charge in [0.05, 0.1) is 10.2 Å². The van der Waals surface area contributed by atoms with Crippen LogP contribution in [0.5, 0.6) is 0 Å². The topological polar surface area (TPSA) is 66.4 Å². The van der Waals surface area contributed by atoms with Crippen molar-refractivity contribution in [3.05, 3.63) is 47.4 Å². The lowest BCUT2D eigenvalue weighted by molar-refractivity contribution is 0.381. The molecule has 0 spiro atoms. The molecule has 1 saturated heterocycles. The van der Waals surface area contributed by atoms with Crippen molar-refractivity contribution in [1.82, 2.24) is 14.3 Å². The second kappa shape index (κ2) is 6.57. The number of nitrogens with zero attached hydrogens (tertiary/aromatic N) is 4. The van der Waals surface area contributed by atoms with E-state index in [9.17, 15) is 12.8 Å². The van der Waals surface area contributed by atoms with E-state index in [1.54, 1.807) is 24.3 Å². The van der Waals surface area contributed by atoms with Gasteiger partial charge in [0, 0.05) is 26.2 Å². The normalized spacial score (nSPS) is 16.3. The first-order valence-electron chi connectivity index (χ1n) is 8.16. The molecular formula is C17H17FN4O2S2. The van der Waals surface area contributed by atoms with Gasteiger partial charge in [-0.2, -0.15) is 4.31 Å². The molecule has 1 fully saturated rings. The van der Waals surface area contributed by atoms with E-state index >= 15 is 0 Å². The summed E-state index contributed by atoms with van der Waals surface area (Å²) in [6.07, 6.45) is 1.52. The summed E-state index contributed by atoms with van der Waals surface area (Å²) in [6, 6.07) is 6.09. The molecule has 3 heterocycles. The molecule has 0 radical (unpaired) electrons. The maximum atomic E-state index is 14.1. The molecule has 1 aliphatic heterocycles. The van der Waals surface area contributed by atoms with Crippen molar-refractivity contribution >= 4 is 37.4 Å². The average molecular weight is 392 g/mol. The Bertz CT molecular complexity index is 1060. The third-order valence-electron chi connectivity index (χ3n) is 4.47. The number of anilines is 1. The van der Waals surface area contributed by atoms with Crippen LogP contribution in [0, 0.1) is 12.7 Å². The Morgan fingerprint density at radius 3 is 2.65 bits per heavy atom. The van der Waals surface area contributed by atoms with Gasteiger partial charge in [-0.3, -0.25) is 0 Å². The average Bonchev–Trinajstić information content (AvgIpc) is 3.12. The van der Waals surface area contributed by atoms with Gasteiger partial charge in [0.1, 0.15) is 22.9 Å². The number of fused-ring (bicyclic) bond motifs is 1. The van der Waals surface area contributed by atoms with Gasteiger partial charge in [0.2, 0.25) is 10.0 Å². The van der Waals surface area contributed by atoms with Gasteiger partial charge < -0.3 is 4.90 Å². The van der Waals surface area contributed by atoms with Crippen molar-refractivity contribution in [3.63, 3.8) is 0 Å². The molecule has 1 aliphatic rings. The van der Waals surface area contributed by atoms with Crippen LogP contribution < -0.4 is 4.90 Å². The van der Waals surface area contributed by atoms with Crippen molar-refractivity contribution < 1.29 is 12.8 Å². The molecule has 0 saturated carbocycles. The summed E-state index contributed by atoms with van der Waals surface area (Å²) in [5, 5.41) is 1.96. The van der Waals surface area contributed by atoms with Gasteiger partial charge in [-0.1, -0.05) is 6.07 Å². The standard InChI is InChI=1S/C17H17FN4O2S2/c1-12-2-3-13(18)15(10-12)26(23,24)22-7-5-21(6-8-22)17-16-14(4-9-25-16)19-11-20-17/h2-4,9-11H,5-8H2,1H3. The Balaban J connectivity index is 1.56. The summed E-state index contributed by atoms with van der Waals surface area (Å²) in [5.74, 6) is 0.109. The zero-order chi connectivity index (χ0) is 18.3. The first-order valence-corrected chi connectivity index (χ1v) is 10.5. The molecule has 0 bridgehead atoms. The molecule has 4 rings (SSSR count). The van der Waals surface area contributed by atoms with Crippen LogP contribution in [0.25, 0.3) is 10.2 Å².